The van der Waals surface area contributed by atoms with Gasteiger partial charge in [0.15, 0.2) is 0 Å². The summed E-state index contributed by atoms with van der Waals surface area (Å²) < 4.78 is 13.0. The Morgan fingerprint density at radius 3 is 1.94 bits per heavy atom. The Bertz CT molecular complexity index is 529. The van der Waals surface area contributed by atoms with Gasteiger partial charge in [-0.3, -0.25) is 4.79 Å². The van der Waals surface area contributed by atoms with Crippen LogP contribution in [0.2, 0.25) is 0 Å². The molecule has 0 fully saturated rings. The fourth-order valence-corrected chi connectivity index (χ4v) is 1.59. The van der Waals surface area contributed by atoms with Crippen LogP contribution in [0.25, 0.3) is 11.6 Å². The lowest BCUT2D eigenvalue weighted by molar-refractivity contribution is -0.123. The summed E-state index contributed by atoms with van der Waals surface area (Å²) in [5, 5.41) is 0. The number of benzene rings is 2. The number of halogens is 1. The zero-order chi connectivity index (χ0) is 12.1. The van der Waals surface area contributed by atoms with E-state index in [-0.39, 0.29) is 5.57 Å². The standard InChI is InChI=1S/C15H11FO/c16-15(17)14(13-9-5-2-6-10-13)11-12-7-3-1-4-8-12/h1-11H/b14-11+. The van der Waals surface area contributed by atoms with E-state index in [9.17, 15) is 9.18 Å². The van der Waals surface area contributed by atoms with E-state index in [1.165, 1.54) is 0 Å². The molecule has 17 heavy (non-hydrogen) atoms. The highest BCUT2D eigenvalue weighted by Crippen LogP contribution is 2.19. The summed E-state index contributed by atoms with van der Waals surface area (Å²) in [4.78, 5) is 11.0. The average molecular weight is 226 g/mol. The normalized spacial score (nSPS) is 11.2. The first kappa shape index (κ1) is 11.3. The van der Waals surface area contributed by atoms with E-state index in [1.54, 1.807) is 30.3 Å². The molecule has 2 rings (SSSR count). The molecule has 0 saturated heterocycles. The van der Waals surface area contributed by atoms with E-state index in [4.69, 9.17) is 0 Å². The SMILES string of the molecule is O=C(F)/C(=C/c1ccccc1)c1ccccc1. The minimum absolute atomic E-state index is 0.0804. The van der Waals surface area contributed by atoms with Gasteiger partial charge in [-0.15, -0.1) is 0 Å². The Kier molecular flexibility index (Phi) is 3.46. The first-order valence-electron chi connectivity index (χ1n) is 5.29. The van der Waals surface area contributed by atoms with Gasteiger partial charge in [0.2, 0.25) is 0 Å². The quantitative estimate of drug-likeness (QED) is 0.443. The predicted molar refractivity (Wildman–Crippen MR) is 66.9 cm³/mol. The molecule has 0 bridgehead atoms. The van der Waals surface area contributed by atoms with Crippen LogP contribution in [0.15, 0.2) is 60.7 Å². The lowest BCUT2D eigenvalue weighted by Crippen LogP contribution is -1.93. The molecule has 0 N–H and O–H groups in total. The van der Waals surface area contributed by atoms with E-state index in [0.717, 1.165) is 5.56 Å². The van der Waals surface area contributed by atoms with Gasteiger partial charge in [-0.1, -0.05) is 60.7 Å². The van der Waals surface area contributed by atoms with Gasteiger partial charge in [-0.25, -0.2) is 0 Å². The fraction of sp³-hybridized carbons (Fsp3) is 0. The molecule has 0 heterocycles. The van der Waals surface area contributed by atoms with Gasteiger partial charge in [0, 0.05) is 0 Å². The molecule has 0 aliphatic heterocycles. The minimum Gasteiger partial charge on any atom is -0.255 e. The topological polar surface area (TPSA) is 17.1 Å². The molecule has 84 valence electrons. The monoisotopic (exact) mass is 226 g/mol. The van der Waals surface area contributed by atoms with Crippen molar-refractivity contribution in [2.75, 3.05) is 0 Å². The molecule has 0 amide bonds. The molecule has 2 aromatic carbocycles. The van der Waals surface area contributed by atoms with Crippen LogP contribution in [0.5, 0.6) is 0 Å². The van der Waals surface area contributed by atoms with Crippen LogP contribution in [-0.4, -0.2) is 6.04 Å². The highest BCUT2D eigenvalue weighted by Gasteiger charge is 2.10. The van der Waals surface area contributed by atoms with Crippen molar-refractivity contribution in [3.05, 3.63) is 71.8 Å². The third-order valence-corrected chi connectivity index (χ3v) is 2.41. The Balaban J connectivity index is 2.44. The average Bonchev–Trinajstić information content (AvgIpc) is 2.38. The summed E-state index contributed by atoms with van der Waals surface area (Å²) in [6.45, 7) is 0. The van der Waals surface area contributed by atoms with Crippen molar-refractivity contribution in [1.29, 1.82) is 0 Å². The second-order valence-electron chi connectivity index (χ2n) is 3.61. The van der Waals surface area contributed by atoms with E-state index < -0.39 is 6.04 Å². The summed E-state index contributed by atoms with van der Waals surface area (Å²) >= 11 is 0. The number of hydrogen-bond donors (Lipinski definition) is 0. The van der Waals surface area contributed by atoms with E-state index >= 15 is 0 Å². The lowest BCUT2D eigenvalue weighted by atomic mass is 10.0. The van der Waals surface area contributed by atoms with Crippen LogP contribution in [0.3, 0.4) is 0 Å². The van der Waals surface area contributed by atoms with Gasteiger partial charge in [0.05, 0.1) is 5.57 Å². The molecule has 2 heteroatoms. The third-order valence-electron chi connectivity index (χ3n) is 2.41. The summed E-state index contributed by atoms with van der Waals surface area (Å²) in [5.74, 6) is 0. The molecule has 0 aliphatic rings. The summed E-state index contributed by atoms with van der Waals surface area (Å²) in [6, 6.07) is 16.6. The van der Waals surface area contributed by atoms with Crippen molar-refractivity contribution in [2.45, 2.75) is 0 Å². The van der Waals surface area contributed by atoms with Crippen LogP contribution in [0, 0.1) is 0 Å². The van der Waals surface area contributed by atoms with Crippen LogP contribution in [0.4, 0.5) is 4.39 Å². The van der Waals surface area contributed by atoms with E-state index in [1.807, 2.05) is 36.4 Å². The van der Waals surface area contributed by atoms with Crippen molar-refractivity contribution in [2.24, 2.45) is 0 Å². The Labute approximate surface area is 99.2 Å². The predicted octanol–water partition coefficient (Wildman–Crippen LogP) is 3.72. The van der Waals surface area contributed by atoms with Crippen LogP contribution in [0.1, 0.15) is 11.1 Å². The molecular formula is C15H11FO. The van der Waals surface area contributed by atoms with Gasteiger partial charge in [-0.05, 0) is 17.2 Å². The number of rotatable bonds is 3. The van der Waals surface area contributed by atoms with Crippen molar-refractivity contribution >= 4 is 17.7 Å². The molecule has 0 spiro atoms. The maximum absolute atomic E-state index is 13.0. The van der Waals surface area contributed by atoms with Gasteiger partial charge >= 0.3 is 6.04 Å². The second-order valence-corrected chi connectivity index (χ2v) is 3.61. The largest absolute Gasteiger partial charge is 0.332 e. The zero-order valence-corrected chi connectivity index (χ0v) is 9.14. The van der Waals surface area contributed by atoms with Crippen molar-refractivity contribution in [3.63, 3.8) is 0 Å². The molecule has 2 aromatic rings. The number of carbonyl (C=O) groups is 1. The molecule has 0 saturated carbocycles. The van der Waals surface area contributed by atoms with Gasteiger partial charge in [0.1, 0.15) is 0 Å². The van der Waals surface area contributed by atoms with Crippen LogP contribution in [-0.2, 0) is 4.79 Å². The molecule has 1 nitrogen and oxygen atoms in total. The lowest BCUT2D eigenvalue weighted by Gasteiger charge is -2.01. The van der Waals surface area contributed by atoms with Crippen molar-refractivity contribution < 1.29 is 9.18 Å². The zero-order valence-electron chi connectivity index (χ0n) is 9.14. The van der Waals surface area contributed by atoms with Gasteiger partial charge in [0.25, 0.3) is 0 Å². The first-order valence-corrected chi connectivity index (χ1v) is 5.29. The number of hydrogen-bond acceptors (Lipinski definition) is 1. The Morgan fingerprint density at radius 1 is 0.882 bits per heavy atom. The summed E-state index contributed by atoms with van der Waals surface area (Å²) in [7, 11) is 0. The smallest absolute Gasteiger partial charge is 0.255 e. The highest BCUT2D eigenvalue weighted by molar-refractivity contribution is 6.21. The molecule has 0 aromatic heterocycles. The number of allylic oxidation sites excluding steroid dienone is 1. The van der Waals surface area contributed by atoms with Crippen LogP contribution >= 0.6 is 0 Å². The van der Waals surface area contributed by atoms with Crippen molar-refractivity contribution in [3.8, 4) is 0 Å². The Hall–Kier alpha value is -2.22. The molecular weight excluding hydrogens is 215 g/mol. The maximum Gasteiger partial charge on any atom is 0.332 e. The minimum atomic E-state index is -1.42. The van der Waals surface area contributed by atoms with Gasteiger partial charge < -0.3 is 0 Å². The summed E-state index contributed by atoms with van der Waals surface area (Å²) in [6.07, 6.45) is 1.55. The molecule has 0 radical (unpaired) electrons. The number of carbonyl (C=O) groups excluding carboxylic acids is 1. The Morgan fingerprint density at radius 2 is 1.41 bits per heavy atom. The molecule has 0 aliphatic carbocycles. The highest BCUT2D eigenvalue weighted by atomic mass is 19.1. The summed E-state index contributed by atoms with van der Waals surface area (Å²) in [5.41, 5.74) is 1.47. The van der Waals surface area contributed by atoms with Crippen molar-refractivity contribution in [1.82, 2.24) is 0 Å². The molecule has 0 unspecified atom stereocenters. The van der Waals surface area contributed by atoms with Crippen LogP contribution < -0.4 is 0 Å². The van der Waals surface area contributed by atoms with Gasteiger partial charge in [-0.2, -0.15) is 4.39 Å². The van der Waals surface area contributed by atoms with E-state index in [0.29, 0.717) is 5.56 Å². The second kappa shape index (κ2) is 5.21. The third kappa shape index (κ3) is 2.88. The van der Waals surface area contributed by atoms with E-state index in [2.05, 4.69) is 0 Å². The molecule has 0 atom stereocenters. The maximum atomic E-state index is 13.0. The first-order chi connectivity index (χ1) is 8.27. The fourth-order valence-electron chi connectivity index (χ4n) is 1.59.